The van der Waals surface area contributed by atoms with Crippen molar-refractivity contribution in [3.8, 4) is 5.75 Å². The molecule has 5 aliphatic heterocycles. The van der Waals surface area contributed by atoms with Crippen molar-refractivity contribution in [2.45, 2.75) is 290 Å². The van der Waals surface area contributed by atoms with Crippen LogP contribution in [0.2, 0.25) is 0 Å². The van der Waals surface area contributed by atoms with Gasteiger partial charge in [-0.15, -0.1) is 0 Å². The second-order valence-electron chi connectivity index (χ2n) is 40.9. The molecule has 3 aliphatic carbocycles. The van der Waals surface area contributed by atoms with Gasteiger partial charge in [-0.25, -0.2) is 9.97 Å². The number of aryl methyl sites for hydroxylation is 1. The summed E-state index contributed by atoms with van der Waals surface area (Å²) < 4.78 is 41.3. The van der Waals surface area contributed by atoms with E-state index in [2.05, 4.69) is 309 Å². The third kappa shape index (κ3) is 63.0. The number of ether oxygens (including phenoxy) is 1. The van der Waals surface area contributed by atoms with Gasteiger partial charge in [0, 0.05) is 60.0 Å². The fourth-order valence-electron chi connectivity index (χ4n) is 11.4. The van der Waals surface area contributed by atoms with Crippen LogP contribution in [-0.2, 0) is 94.6 Å². The maximum absolute atomic E-state index is 12.1. The second kappa shape index (κ2) is 72.5. The third-order valence-corrected chi connectivity index (χ3v) is 17.4. The standard InChI is InChI=1S/C10H10O.C9H8O.C9H8.C8H5F3N2.C8H7NO.C8H7N.C8H6O2.C8H6OS.2C7H6N2.10C4H10/c11-10-6-5-8-3-1-2-4-9(8)7-10;10-9-5-7-3-1-2-4-8(7)6-9;1-2-5-9-7-3-6-8(9)4-1;9-8(10,11)7-12-5-3-1-2-4-6(5)13-7;10-8-5-6-3-1-2-4-7(6)9-8;1-2-4-8-6-9-5-7(8)3-1;2*9-8-5-6-3-1-2-4-7(6)10-8;1-2-4-7-6(3-1)8-5-9-7;1-2-4-7-6(3-1)5-8-9-7;10*1-4(2)3/h1-4H,5-7H2;1-4H,5-6H2;1-6H,7H2;1-4H,(H,12,13);1-4H,5H2,(H,9,10);1-5H,6H2;2*1-4H,5H2;1-5H,(H,8,9);1-4H,5H2;10*4H,1-3H3. The van der Waals surface area contributed by atoms with E-state index in [1.165, 1.54) is 73.5 Å². The minimum absolute atomic E-state index is 0.0983. The average molecular weight is 1930 g/mol. The number of rotatable bonds is 0. The number of aliphatic imine (C=N–C) groups is 1. The highest BCUT2D eigenvalue weighted by atomic mass is 32.2. The number of ketones is 2. The summed E-state index contributed by atoms with van der Waals surface area (Å²) in [6.07, 6.45) is 9.91. The van der Waals surface area contributed by atoms with Crippen molar-refractivity contribution >= 4 is 86.1 Å². The van der Waals surface area contributed by atoms with E-state index >= 15 is 0 Å². The second-order valence-corrected chi connectivity index (χ2v) is 42.0. The molecule has 7 heterocycles. The summed E-state index contributed by atoms with van der Waals surface area (Å²) in [6.45, 7) is 66.6. The van der Waals surface area contributed by atoms with Gasteiger partial charge in [-0.05, 0) is 176 Å². The molecule has 3 N–H and O–H groups in total. The number of Topliss-reactive ketones (excluding diaryl/α,β-unsaturated/α-hetero) is 2. The number of nitrogens with one attached hydrogen (secondary N) is 3. The van der Waals surface area contributed by atoms with Crippen molar-refractivity contribution in [2.75, 3.05) is 5.32 Å². The minimum Gasteiger partial charge on any atom is -0.426 e. The Morgan fingerprint density at radius 3 is 1.24 bits per heavy atom. The Balaban J connectivity index is 0.000000747. The van der Waals surface area contributed by atoms with E-state index in [9.17, 15) is 37.1 Å². The quantitative estimate of drug-likeness (QED) is 0.0975. The summed E-state index contributed by atoms with van der Waals surface area (Å²) in [7, 11) is 0. The van der Waals surface area contributed by atoms with Gasteiger partial charge in [0.15, 0.2) is 5.12 Å². The zero-order valence-electron chi connectivity index (χ0n) is 90.2. The fraction of sp³-hybridized carbons (Fsp3) is 0.426. The number of aromatic nitrogens is 4. The maximum Gasteiger partial charge on any atom is 0.449 e. The molecule has 0 saturated heterocycles. The van der Waals surface area contributed by atoms with Crippen LogP contribution in [0.4, 0.5) is 24.5 Å². The van der Waals surface area contributed by atoms with Crippen LogP contribution in [0.15, 0.2) is 275 Å². The molecule has 1 amide bonds. The number of H-pyrrole nitrogens is 2. The molecular formula is C122H169F3N8O6S. The lowest BCUT2D eigenvalue weighted by atomic mass is 9.91. The lowest BCUT2D eigenvalue weighted by molar-refractivity contribution is -0.144. The number of carbonyl (C=O) groups is 5. The van der Waals surface area contributed by atoms with Crippen LogP contribution in [-0.4, -0.2) is 54.7 Å². The summed E-state index contributed by atoms with van der Waals surface area (Å²) in [6, 6.07) is 78.5. The number of para-hydroxylation sites is 6. The lowest BCUT2D eigenvalue weighted by Gasteiger charge is -2.13. The number of nitrogens with zero attached hydrogens (tertiary/aromatic N) is 5. The van der Waals surface area contributed by atoms with Crippen LogP contribution in [0, 0.1) is 59.2 Å². The van der Waals surface area contributed by atoms with Crippen LogP contribution in [0.25, 0.3) is 28.1 Å². The molecule has 8 aliphatic rings. The first-order chi connectivity index (χ1) is 66.1. The first-order valence-electron chi connectivity index (χ1n) is 49.9. The first kappa shape index (κ1) is 126. The number of hydrogen-bond acceptors (Lipinski definition) is 12. The highest BCUT2D eigenvalue weighted by molar-refractivity contribution is 8.14. The molecule has 0 bridgehead atoms. The first-order valence-corrected chi connectivity index (χ1v) is 50.7. The molecule has 10 aromatic carbocycles. The van der Waals surface area contributed by atoms with Gasteiger partial charge < -0.3 is 20.0 Å². The van der Waals surface area contributed by atoms with Crippen LogP contribution in [0.5, 0.6) is 5.75 Å². The Morgan fingerprint density at radius 1 is 0.357 bits per heavy atom. The van der Waals surface area contributed by atoms with Crippen molar-refractivity contribution in [3.63, 3.8) is 0 Å². The number of aromatic amines is 2. The molecule has 0 fully saturated rings. The zero-order valence-corrected chi connectivity index (χ0v) is 91.0. The number of thioether (sulfide) groups is 1. The number of halogens is 3. The van der Waals surface area contributed by atoms with Gasteiger partial charge in [0.2, 0.25) is 11.7 Å². The molecule has 760 valence electrons. The molecule has 0 radical (unpaired) electrons. The van der Waals surface area contributed by atoms with Crippen LogP contribution >= 0.6 is 11.8 Å². The third-order valence-electron chi connectivity index (χ3n) is 16.4. The van der Waals surface area contributed by atoms with E-state index in [-0.39, 0.29) is 17.0 Å². The summed E-state index contributed by atoms with van der Waals surface area (Å²) in [4.78, 5) is 72.2. The van der Waals surface area contributed by atoms with Crippen LogP contribution < -0.4 is 10.1 Å². The smallest absolute Gasteiger partial charge is 0.426 e. The number of allylic oxidation sites excluding steroid dienone is 1. The van der Waals surface area contributed by atoms with Gasteiger partial charge in [0.05, 0.1) is 60.0 Å². The summed E-state index contributed by atoms with van der Waals surface area (Å²) in [5, 5.41) is 10.8. The predicted molar refractivity (Wildman–Crippen MR) is 592 cm³/mol. The average Bonchev–Trinajstić information content (AvgIpc) is 1.69. The number of fused-ring (bicyclic) bond motifs is 10. The van der Waals surface area contributed by atoms with Gasteiger partial charge in [-0.2, -0.15) is 23.4 Å². The molecule has 0 unspecified atom stereocenters. The Morgan fingerprint density at radius 2 is 0.764 bits per heavy atom. The maximum atomic E-state index is 12.1. The monoisotopic (exact) mass is 1930 g/mol. The Hall–Kier alpha value is -11.8. The molecule has 20 rings (SSSR count). The number of alkyl halides is 3. The molecule has 14 nitrogen and oxygen atoms in total. The molecule has 0 atom stereocenters. The number of anilines is 1. The van der Waals surface area contributed by atoms with E-state index in [4.69, 9.17) is 4.74 Å². The number of amides is 1. The molecular weight excluding hydrogens is 1760 g/mol. The summed E-state index contributed by atoms with van der Waals surface area (Å²) in [5.74, 6) is 8.77. The van der Waals surface area contributed by atoms with Gasteiger partial charge in [-0.1, -0.05) is 426 Å². The van der Waals surface area contributed by atoms with E-state index in [0.717, 1.165) is 130 Å². The molecule has 2 aromatic heterocycles. The van der Waals surface area contributed by atoms with E-state index in [1.54, 1.807) is 30.6 Å². The van der Waals surface area contributed by atoms with Gasteiger partial charge in [0.25, 0.3) is 0 Å². The van der Waals surface area contributed by atoms with Crippen molar-refractivity contribution in [2.24, 2.45) is 74.4 Å². The SMILES string of the molecule is C1=Cc2ccccc2C1.C1=NCc2ccccc21.CC(C)C.CC(C)C.CC(C)C.CC(C)C.CC(C)C.CC(C)C.CC(C)C.CC(C)C.CC(C)C.CC(C)C.FC(F)(F)c1nc2ccccc2[nH]1.O=C1CCc2ccccc2C1.O=C1Cc2ccccc2C1.O=C1Cc2ccccc2N1.O=C1Cc2ccccc2O1.O=C1Cc2ccccc2S1.c1ccc2[nH]cnc2c1.c1ccc2c(c1)CN=N2. The Bertz CT molecular complexity index is 4870. The highest BCUT2D eigenvalue weighted by Gasteiger charge is 2.34. The normalized spacial score (nSPS) is 12.6. The zero-order chi connectivity index (χ0) is 105. The molecule has 0 spiro atoms. The fourth-order valence-corrected chi connectivity index (χ4v) is 12.3. The van der Waals surface area contributed by atoms with Gasteiger partial charge in [-0.3, -0.25) is 29.0 Å². The highest BCUT2D eigenvalue weighted by Crippen LogP contribution is 2.33. The van der Waals surface area contributed by atoms with Crippen molar-refractivity contribution in [1.82, 2.24) is 19.9 Å². The molecule has 12 aromatic rings. The topological polar surface area (TPSA) is 201 Å². The summed E-state index contributed by atoms with van der Waals surface area (Å²) in [5.41, 5.74) is 19.8. The van der Waals surface area contributed by atoms with Gasteiger partial charge >= 0.3 is 12.1 Å². The predicted octanol–water partition coefficient (Wildman–Crippen LogP) is 34.2. The van der Waals surface area contributed by atoms with Crippen LogP contribution in [0.1, 0.15) is 287 Å². The van der Waals surface area contributed by atoms with Crippen LogP contribution in [0.3, 0.4) is 0 Å². The van der Waals surface area contributed by atoms with Gasteiger partial charge in [0.1, 0.15) is 17.3 Å². The van der Waals surface area contributed by atoms with E-state index in [1.807, 2.05) is 170 Å². The van der Waals surface area contributed by atoms with E-state index < -0.39 is 12.0 Å². The molecule has 0 saturated carbocycles. The van der Waals surface area contributed by atoms with Crippen molar-refractivity contribution in [1.29, 1.82) is 0 Å². The Kier molecular flexibility index (Phi) is 65.4. The van der Waals surface area contributed by atoms with Crippen molar-refractivity contribution in [3.05, 3.63) is 328 Å². The molecule has 140 heavy (non-hydrogen) atoms. The number of hydrogen-bond donors (Lipinski definition) is 3. The number of carbonyl (C=O) groups excluding carboxylic acids is 5. The lowest BCUT2D eigenvalue weighted by Crippen LogP contribution is -2.12. The number of esters is 1. The van der Waals surface area contributed by atoms with E-state index in [0.29, 0.717) is 66.9 Å². The molecule has 18 heteroatoms. The van der Waals surface area contributed by atoms with Crippen molar-refractivity contribution < 1.29 is 41.9 Å². The Labute approximate surface area is 845 Å². The number of azo groups is 1. The minimum atomic E-state index is -4.40. The summed E-state index contributed by atoms with van der Waals surface area (Å²) >= 11 is 1.35. The number of benzene rings is 10. The number of imidazole rings is 2. The largest absolute Gasteiger partial charge is 0.449 e.